The highest BCUT2D eigenvalue weighted by Gasteiger charge is 2.01. The lowest BCUT2D eigenvalue weighted by atomic mass is 10.0. The van der Waals surface area contributed by atoms with Crippen LogP contribution in [0.4, 0.5) is 0 Å². The number of hydrogen-bond acceptors (Lipinski definition) is 1. The largest absolute Gasteiger partial charge is 0.315 e. The maximum atomic E-state index is 3.44. The summed E-state index contributed by atoms with van der Waals surface area (Å²) in [5.74, 6) is 0. The van der Waals surface area contributed by atoms with Crippen LogP contribution < -0.4 is 5.32 Å². The van der Waals surface area contributed by atoms with E-state index in [4.69, 9.17) is 0 Å². The van der Waals surface area contributed by atoms with E-state index in [2.05, 4.69) is 50.4 Å². The fraction of sp³-hybridized carbons (Fsp3) is 0.538. The van der Waals surface area contributed by atoms with Crippen LogP contribution in [0.15, 0.2) is 24.3 Å². The van der Waals surface area contributed by atoms with Gasteiger partial charge in [-0.25, -0.2) is 0 Å². The fourth-order valence-corrected chi connectivity index (χ4v) is 1.71. The molecular formula is C13H21N. The third kappa shape index (κ3) is 3.51. The predicted molar refractivity (Wildman–Crippen MR) is 62.6 cm³/mol. The Labute approximate surface area is 87.5 Å². The van der Waals surface area contributed by atoms with Gasteiger partial charge in [0.15, 0.2) is 0 Å². The van der Waals surface area contributed by atoms with Crippen LogP contribution in [0, 0.1) is 6.92 Å². The van der Waals surface area contributed by atoms with Gasteiger partial charge < -0.3 is 5.32 Å². The number of hydrogen-bond donors (Lipinski definition) is 1. The summed E-state index contributed by atoms with van der Waals surface area (Å²) >= 11 is 0. The van der Waals surface area contributed by atoms with Gasteiger partial charge >= 0.3 is 0 Å². The van der Waals surface area contributed by atoms with E-state index in [9.17, 15) is 0 Å². The molecule has 1 nitrogen and oxygen atoms in total. The number of rotatable bonds is 5. The van der Waals surface area contributed by atoms with Gasteiger partial charge in [-0.1, -0.05) is 31.2 Å². The van der Waals surface area contributed by atoms with Gasteiger partial charge in [0.25, 0.3) is 0 Å². The van der Waals surface area contributed by atoms with Crippen LogP contribution in [-0.2, 0) is 6.42 Å². The lowest BCUT2D eigenvalue weighted by molar-refractivity contribution is 0.530. The lowest BCUT2D eigenvalue weighted by Gasteiger charge is -2.12. The van der Waals surface area contributed by atoms with Crippen molar-refractivity contribution in [1.29, 1.82) is 0 Å². The number of nitrogens with one attached hydrogen (secondary N) is 1. The molecule has 0 saturated heterocycles. The third-order valence-electron chi connectivity index (χ3n) is 2.66. The quantitative estimate of drug-likeness (QED) is 0.754. The summed E-state index contributed by atoms with van der Waals surface area (Å²) in [5.41, 5.74) is 2.90. The zero-order chi connectivity index (χ0) is 10.4. The van der Waals surface area contributed by atoms with Crippen molar-refractivity contribution in [2.75, 3.05) is 6.54 Å². The monoisotopic (exact) mass is 191 g/mol. The summed E-state index contributed by atoms with van der Waals surface area (Å²) in [4.78, 5) is 0. The maximum Gasteiger partial charge on any atom is 0.00417 e. The number of aryl methyl sites for hydroxylation is 2. The van der Waals surface area contributed by atoms with Crippen molar-refractivity contribution in [2.45, 2.75) is 39.7 Å². The molecule has 0 radical (unpaired) electrons. The molecule has 0 fully saturated rings. The van der Waals surface area contributed by atoms with Crippen molar-refractivity contribution in [3.63, 3.8) is 0 Å². The third-order valence-corrected chi connectivity index (χ3v) is 2.66. The van der Waals surface area contributed by atoms with Crippen molar-refractivity contribution < 1.29 is 0 Å². The minimum atomic E-state index is 0.625. The Morgan fingerprint density at radius 1 is 1.29 bits per heavy atom. The summed E-state index contributed by atoms with van der Waals surface area (Å²) in [6.45, 7) is 7.66. The van der Waals surface area contributed by atoms with E-state index in [0.29, 0.717) is 6.04 Å². The molecule has 0 spiro atoms. The van der Waals surface area contributed by atoms with Gasteiger partial charge in [-0.15, -0.1) is 0 Å². The predicted octanol–water partition coefficient (Wildman–Crippen LogP) is 2.93. The van der Waals surface area contributed by atoms with Crippen LogP contribution in [0.1, 0.15) is 31.4 Å². The van der Waals surface area contributed by atoms with Crippen molar-refractivity contribution in [3.8, 4) is 0 Å². The maximum absolute atomic E-state index is 3.44. The summed E-state index contributed by atoms with van der Waals surface area (Å²) < 4.78 is 0. The van der Waals surface area contributed by atoms with Crippen LogP contribution in [0.25, 0.3) is 0 Å². The second kappa shape index (κ2) is 5.82. The van der Waals surface area contributed by atoms with Gasteiger partial charge in [-0.3, -0.25) is 0 Å². The first kappa shape index (κ1) is 11.3. The Morgan fingerprint density at radius 2 is 2.00 bits per heavy atom. The summed E-state index contributed by atoms with van der Waals surface area (Å²) in [7, 11) is 0. The van der Waals surface area contributed by atoms with Crippen LogP contribution in [0.2, 0.25) is 0 Å². The molecule has 14 heavy (non-hydrogen) atoms. The first-order chi connectivity index (χ1) is 6.74. The van der Waals surface area contributed by atoms with Gasteiger partial charge in [-0.2, -0.15) is 0 Å². The minimum Gasteiger partial charge on any atom is -0.315 e. The SMILES string of the molecule is CCNC(C)CCc1ccccc1C. The Hall–Kier alpha value is -0.820. The molecule has 0 aliphatic rings. The van der Waals surface area contributed by atoms with Crippen LogP contribution in [0.5, 0.6) is 0 Å². The zero-order valence-electron chi connectivity index (χ0n) is 9.51. The molecule has 0 aliphatic carbocycles. The molecule has 0 amide bonds. The molecule has 0 heterocycles. The highest BCUT2D eigenvalue weighted by molar-refractivity contribution is 5.25. The van der Waals surface area contributed by atoms with Crippen molar-refractivity contribution in [3.05, 3.63) is 35.4 Å². The molecule has 1 atom stereocenters. The van der Waals surface area contributed by atoms with Crippen LogP contribution >= 0.6 is 0 Å². The molecule has 0 saturated carbocycles. The summed E-state index contributed by atoms with van der Waals surface area (Å²) in [6, 6.07) is 9.27. The van der Waals surface area contributed by atoms with E-state index in [1.54, 1.807) is 0 Å². The molecule has 1 aromatic carbocycles. The molecule has 1 heteroatoms. The Bertz CT molecular complexity index is 268. The Balaban J connectivity index is 2.41. The first-order valence-electron chi connectivity index (χ1n) is 5.52. The second-order valence-electron chi connectivity index (χ2n) is 3.92. The molecule has 1 aromatic rings. The molecule has 0 aliphatic heterocycles. The van der Waals surface area contributed by atoms with Gasteiger partial charge in [0.2, 0.25) is 0 Å². The lowest BCUT2D eigenvalue weighted by Crippen LogP contribution is -2.25. The summed E-state index contributed by atoms with van der Waals surface area (Å²) in [6.07, 6.45) is 2.40. The molecule has 1 unspecified atom stereocenters. The Morgan fingerprint density at radius 3 is 2.64 bits per heavy atom. The van der Waals surface area contributed by atoms with Crippen molar-refractivity contribution >= 4 is 0 Å². The number of benzene rings is 1. The van der Waals surface area contributed by atoms with Crippen molar-refractivity contribution in [2.24, 2.45) is 0 Å². The van der Waals surface area contributed by atoms with E-state index in [1.807, 2.05) is 0 Å². The van der Waals surface area contributed by atoms with E-state index in [-0.39, 0.29) is 0 Å². The van der Waals surface area contributed by atoms with E-state index in [0.717, 1.165) is 6.54 Å². The molecule has 1 rings (SSSR count). The fourth-order valence-electron chi connectivity index (χ4n) is 1.71. The van der Waals surface area contributed by atoms with E-state index < -0.39 is 0 Å². The average Bonchev–Trinajstić information content (AvgIpc) is 2.17. The second-order valence-corrected chi connectivity index (χ2v) is 3.92. The van der Waals surface area contributed by atoms with E-state index in [1.165, 1.54) is 24.0 Å². The normalized spacial score (nSPS) is 12.8. The molecule has 0 bridgehead atoms. The van der Waals surface area contributed by atoms with E-state index >= 15 is 0 Å². The van der Waals surface area contributed by atoms with Gasteiger partial charge in [0.05, 0.1) is 0 Å². The Kier molecular flexibility index (Phi) is 4.68. The topological polar surface area (TPSA) is 12.0 Å². The van der Waals surface area contributed by atoms with Crippen molar-refractivity contribution in [1.82, 2.24) is 5.32 Å². The molecular weight excluding hydrogens is 170 g/mol. The minimum absolute atomic E-state index is 0.625. The van der Waals surface area contributed by atoms with Gasteiger partial charge in [-0.05, 0) is 44.4 Å². The average molecular weight is 191 g/mol. The van der Waals surface area contributed by atoms with Gasteiger partial charge in [0, 0.05) is 6.04 Å². The van der Waals surface area contributed by atoms with Gasteiger partial charge in [0.1, 0.15) is 0 Å². The van der Waals surface area contributed by atoms with Crippen LogP contribution in [-0.4, -0.2) is 12.6 Å². The zero-order valence-corrected chi connectivity index (χ0v) is 9.51. The highest BCUT2D eigenvalue weighted by atomic mass is 14.9. The smallest absolute Gasteiger partial charge is 0.00417 e. The molecule has 1 N–H and O–H groups in total. The molecule has 0 aromatic heterocycles. The van der Waals surface area contributed by atoms with Crippen LogP contribution in [0.3, 0.4) is 0 Å². The standard InChI is InChI=1S/C13H21N/c1-4-14-12(3)9-10-13-8-6-5-7-11(13)2/h5-8,12,14H,4,9-10H2,1-3H3. The first-order valence-corrected chi connectivity index (χ1v) is 5.52. The molecule has 78 valence electrons. The summed E-state index contributed by atoms with van der Waals surface area (Å²) in [5, 5.41) is 3.44. The highest BCUT2D eigenvalue weighted by Crippen LogP contribution is 2.10.